The second kappa shape index (κ2) is 15.5. The fraction of sp³-hybridized carbons (Fsp3) is 0. The smallest absolute Gasteiger partial charge is 0.418 e. The van der Waals surface area contributed by atoms with Crippen molar-refractivity contribution in [1.82, 2.24) is 0 Å². The SMILES string of the molecule is F[B-](F)(F)F.F[B-](F)(F)F.F[B-](F)(F)F.N#[N+]c1ccc(N(c2ccc([N+]#N)cc2)c2ccc([N+]#N)cc2)cc1. The van der Waals surface area contributed by atoms with Gasteiger partial charge in [-0.25, -0.2) is 0 Å². The van der Waals surface area contributed by atoms with Gasteiger partial charge in [0.2, 0.25) is 16.2 Å². The van der Waals surface area contributed by atoms with Gasteiger partial charge in [0.05, 0.1) is 0 Å². The highest BCUT2D eigenvalue weighted by atomic mass is 19.5. The minimum absolute atomic E-state index is 0.451. The second-order valence-corrected chi connectivity index (χ2v) is 6.67. The summed E-state index contributed by atoms with van der Waals surface area (Å²) in [5, 5.41) is 26.6. The van der Waals surface area contributed by atoms with Crippen molar-refractivity contribution in [3.8, 4) is 0 Å². The molecule has 3 aromatic carbocycles. The Morgan fingerprint density at radius 1 is 0.375 bits per heavy atom. The molecule has 40 heavy (non-hydrogen) atoms. The van der Waals surface area contributed by atoms with Crippen LogP contribution in [0.2, 0.25) is 0 Å². The third-order valence-corrected chi connectivity index (χ3v) is 3.67. The summed E-state index contributed by atoms with van der Waals surface area (Å²) in [7, 11) is -18.0. The van der Waals surface area contributed by atoms with Crippen LogP contribution in [0.5, 0.6) is 0 Å². The molecule has 3 aromatic rings. The number of anilines is 3. The van der Waals surface area contributed by atoms with E-state index in [-0.39, 0.29) is 0 Å². The number of hydrogen-bond acceptors (Lipinski definition) is 4. The zero-order valence-electron chi connectivity index (χ0n) is 19.3. The van der Waals surface area contributed by atoms with Crippen molar-refractivity contribution in [2.75, 3.05) is 4.90 Å². The van der Waals surface area contributed by atoms with Gasteiger partial charge in [0.25, 0.3) is 0 Å². The van der Waals surface area contributed by atoms with E-state index < -0.39 is 21.8 Å². The maximum atomic E-state index is 9.75. The van der Waals surface area contributed by atoms with Gasteiger partial charge >= 0.3 is 38.8 Å². The van der Waals surface area contributed by atoms with Crippen molar-refractivity contribution in [2.24, 2.45) is 0 Å². The maximum absolute atomic E-state index is 9.75. The molecule has 0 atom stereocenters. The molecular weight excluding hydrogens is 575 g/mol. The van der Waals surface area contributed by atoms with Crippen LogP contribution in [0.3, 0.4) is 0 Å². The Bertz CT molecular complexity index is 1130. The van der Waals surface area contributed by atoms with E-state index >= 15 is 0 Å². The third-order valence-electron chi connectivity index (χ3n) is 3.67. The second-order valence-electron chi connectivity index (χ2n) is 6.67. The fourth-order valence-corrected chi connectivity index (χ4v) is 2.45. The van der Waals surface area contributed by atoms with E-state index in [0.29, 0.717) is 17.1 Å². The van der Waals surface area contributed by atoms with Gasteiger partial charge in [-0.3, -0.25) is 0 Å². The molecule has 0 N–H and O–H groups in total. The largest absolute Gasteiger partial charge is 0.673 e. The minimum atomic E-state index is -6.00. The summed E-state index contributed by atoms with van der Waals surface area (Å²) in [6, 6.07) is 21.1. The van der Waals surface area contributed by atoms with Crippen LogP contribution in [0.1, 0.15) is 0 Å². The molecule has 0 saturated carbocycles. The van der Waals surface area contributed by atoms with Crippen molar-refractivity contribution in [2.45, 2.75) is 0 Å². The number of diazo groups is 3. The zero-order chi connectivity index (χ0) is 31.1. The Labute approximate surface area is 217 Å². The number of hydrogen-bond donors (Lipinski definition) is 0. The zero-order valence-corrected chi connectivity index (χ0v) is 19.3. The Hall–Kier alpha value is -4.93. The molecule has 3 rings (SSSR count). The van der Waals surface area contributed by atoms with Gasteiger partial charge in [-0.15, -0.1) is 0 Å². The first kappa shape index (κ1) is 35.1. The molecule has 0 unspecified atom stereocenters. The highest BCUT2D eigenvalue weighted by Crippen LogP contribution is 2.36. The van der Waals surface area contributed by atoms with E-state index in [0.717, 1.165) is 17.1 Å². The average Bonchev–Trinajstić information content (AvgIpc) is 2.82. The van der Waals surface area contributed by atoms with Crippen LogP contribution >= 0.6 is 0 Å². The quantitative estimate of drug-likeness (QED) is 0.173. The summed E-state index contributed by atoms with van der Waals surface area (Å²) in [4.78, 5) is 11.5. The van der Waals surface area contributed by atoms with Crippen LogP contribution in [0, 0.1) is 16.2 Å². The maximum Gasteiger partial charge on any atom is 0.673 e. The van der Waals surface area contributed by atoms with E-state index in [1.54, 1.807) is 36.4 Å². The normalized spacial score (nSPS) is 10.4. The average molecular weight is 587 g/mol. The number of benzene rings is 3. The summed E-state index contributed by atoms with van der Waals surface area (Å²) in [6.45, 7) is 0. The van der Waals surface area contributed by atoms with Gasteiger partial charge in [-0.05, 0) is 36.4 Å². The van der Waals surface area contributed by atoms with Crippen LogP contribution in [-0.4, -0.2) is 21.8 Å². The Kier molecular flexibility index (Phi) is 13.6. The third kappa shape index (κ3) is 18.3. The molecule has 212 valence electrons. The first-order valence-corrected chi connectivity index (χ1v) is 10.0. The van der Waals surface area contributed by atoms with E-state index in [4.69, 9.17) is 16.2 Å². The molecule has 0 heterocycles. The predicted octanol–water partition coefficient (Wildman–Crippen LogP) is 10.5. The minimum Gasteiger partial charge on any atom is -0.418 e. The first-order valence-electron chi connectivity index (χ1n) is 10.0. The van der Waals surface area contributed by atoms with Gasteiger partial charge in [0.1, 0.15) is 0 Å². The summed E-state index contributed by atoms with van der Waals surface area (Å²) >= 11 is 0. The Balaban J connectivity index is 0.000000836. The summed E-state index contributed by atoms with van der Waals surface area (Å²) < 4.78 is 117. The summed E-state index contributed by atoms with van der Waals surface area (Å²) in [5.41, 5.74) is 3.88. The fourth-order valence-electron chi connectivity index (χ4n) is 2.45. The van der Waals surface area contributed by atoms with E-state index in [1.807, 2.05) is 41.3 Å². The van der Waals surface area contributed by atoms with Crippen LogP contribution in [0.25, 0.3) is 14.9 Å². The molecule has 7 nitrogen and oxygen atoms in total. The molecular formula is C18H12B3F12N7. The number of nitrogens with zero attached hydrogens (tertiary/aromatic N) is 7. The Morgan fingerprint density at radius 2 is 0.525 bits per heavy atom. The lowest BCUT2D eigenvalue weighted by molar-refractivity contribution is 0.366. The lowest BCUT2D eigenvalue weighted by atomic mass is 10.1. The van der Waals surface area contributed by atoms with Crippen LogP contribution in [0.15, 0.2) is 72.8 Å². The van der Waals surface area contributed by atoms with E-state index in [1.165, 1.54) is 0 Å². The van der Waals surface area contributed by atoms with Gasteiger partial charge in [0.15, 0.2) is 14.9 Å². The van der Waals surface area contributed by atoms with Gasteiger partial charge in [-0.2, -0.15) is 0 Å². The lowest BCUT2D eigenvalue weighted by Crippen LogP contribution is -2.09. The highest BCUT2D eigenvalue weighted by molar-refractivity contribution is 6.50. The summed E-state index contributed by atoms with van der Waals surface area (Å²) in [6.07, 6.45) is 0. The topological polar surface area (TPSA) is 87.7 Å². The monoisotopic (exact) mass is 587 g/mol. The molecule has 0 spiro atoms. The molecule has 22 heteroatoms. The van der Waals surface area contributed by atoms with Crippen molar-refractivity contribution in [3.05, 3.63) is 87.7 Å². The van der Waals surface area contributed by atoms with E-state index in [9.17, 15) is 51.8 Å². The van der Waals surface area contributed by atoms with Gasteiger partial charge < -0.3 is 56.7 Å². The van der Waals surface area contributed by atoms with Crippen molar-refractivity contribution < 1.29 is 51.8 Å². The first-order chi connectivity index (χ1) is 18.2. The molecule has 0 amide bonds. The predicted molar refractivity (Wildman–Crippen MR) is 126 cm³/mol. The van der Waals surface area contributed by atoms with Gasteiger partial charge in [0, 0.05) is 53.5 Å². The number of halogens is 12. The van der Waals surface area contributed by atoms with Crippen LogP contribution < -0.4 is 4.90 Å². The molecule has 0 radical (unpaired) electrons. The molecule has 0 aliphatic heterocycles. The standard InChI is InChI=1S/C18H12N7.3BF4/c19-22-13-1-7-16(8-2-13)25(17-9-3-14(23-20)4-10-17)18-11-5-15(24-21)6-12-18;3*2-1(3,4)5/h1-12H;;;/q+3;3*-1. The van der Waals surface area contributed by atoms with Crippen molar-refractivity contribution >= 4 is 55.9 Å². The lowest BCUT2D eigenvalue weighted by Gasteiger charge is -2.24. The molecule has 0 aliphatic carbocycles. The van der Waals surface area contributed by atoms with E-state index in [2.05, 4.69) is 14.9 Å². The molecule has 0 saturated heterocycles. The Morgan fingerprint density at radius 3 is 0.650 bits per heavy atom. The highest BCUT2D eigenvalue weighted by Gasteiger charge is 2.21. The van der Waals surface area contributed by atoms with Crippen LogP contribution in [-0.2, 0) is 0 Å². The molecule has 0 aliphatic rings. The van der Waals surface area contributed by atoms with Gasteiger partial charge in [-0.1, -0.05) is 0 Å². The van der Waals surface area contributed by atoms with Crippen molar-refractivity contribution in [1.29, 1.82) is 16.2 Å². The molecule has 0 aromatic heterocycles. The van der Waals surface area contributed by atoms with Crippen LogP contribution in [0.4, 0.5) is 85.9 Å². The molecule has 0 fully saturated rings. The summed E-state index contributed by atoms with van der Waals surface area (Å²) in [5.74, 6) is 0. The molecule has 0 bridgehead atoms. The number of rotatable bonds is 3. The van der Waals surface area contributed by atoms with Crippen molar-refractivity contribution in [3.63, 3.8) is 0 Å².